The van der Waals surface area contributed by atoms with E-state index in [1.807, 2.05) is 12.1 Å². The average molecular weight is 459 g/mol. The van der Waals surface area contributed by atoms with Crippen molar-refractivity contribution in [1.29, 1.82) is 0 Å². The first-order valence-electron chi connectivity index (χ1n) is 12.1. The summed E-state index contributed by atoms with van der Waals surface area (Å²) in [5.74, 6) is 2.21. The van der Waals surface area contributed by atoms with E-state index in [9.17, 15) is 10.2 Å². The number of benzene rings is 2. The van der Waals surface area contributed by atoms with Gasteiger partial charge in [0.05, 0.1) is 12.8 Å². The van der Waals surface area contributed by atoms with Gasteiger partial charge in [-0.05, 0) is 79.1 Å². The standard InChI is InChI=1S/C27H42O4Si/c1-5-23(25-10-14-26(29)15-11-25)20-22(2)24-12-16-27(17-13-24)31-18-8-6-7-9-19-32(4,21-28)30-3/h10-17,22-23,28-29H,5-9,18-21H2,1-4H3. The van der Waals surface area contributed by atoms with Crippen molar-refractivity contribution in [3.05, 3.63) is 59.7 Å². The van der Waals surface area contributed by atoms with Crippen molar-refractivity contribution < 1.29 is 19.4 Å². The highest BCUT2D eigenvalue weighted by Gasteiger charge is 2.25. The predicted octanol–water partition coefficient (Wildman–Crippen LogP) is 6.77. The highest BCUT2D eigenvalue weighted by molar-refractivity contribution is 6.72. The van der Waals surface area contributed by atoms with Crippen molar-refractivity contribution in [2.24, 2.45) is 0 Å². The molecule has 5 heteroatoms. The van der Waals surface area contributed by atoms with Crippen LogP contribution in [0.1, 0.15) is 75.3 Å². The van der Waals surface area contributed by atoms with Gasteiger partial charge >= 0.3 is 0 Å². The summed E-state index contributed by atoms with van der Waals surface area (Å²) in [6.07, 6.45) is 6.85. The van der Waals surface area contributed by atoms with Crippen molar-refractivity contribution in [3.8, 4) is 11.5 Å². The van der Waals surface area contributed by atoms with Crippen molar-refractivity contribution in [1.82, 2.24) is 0 Å². The molecule has 0 aliphatic carbocycles. The number of rotatable bonds is 15. The molecule has 2 rings (SSSR count). The van der Waals surface area contributed by atoms with E-state index in [1.165, 1.54) is 11.1 Å². The van der Waals surface area contributed by atoms with Gasteiger partial charge in [-0.15, -0.1) is 0 Å². The van der Waals surface area contributed by atoms with Gasteiger partial charge in [-0.2, -0.15) is 0 Å². The SMILES string of the molecule is CCC(CC(C)c1ccc(OCCCCCC[Si](C)(CO)OC)cc1)c1ccc(O)cc1. The Bertz CT molecular complexity index is 756. The van der Waals surface area contributed by atoms with E-state index in [0.717, 1.165) is 56.9 Å². The van der Waals surface area contributed by atoms with Crippen molar-refractivity contribution >= 4 is 8.32 Å². The summed E-state index contributed by atoms with van der Waals surface area (Å²) in [7, 11) is -0.131. The molecule has 2 aromatic carbocycles. The fraction of sp³-hybridized carbons (Fsp3) is 0.556. The molecule has 178 valence electrons. The van der Waals surface area contributed by atoms with Crippen LogP contribution in [-0.2, 0) is 4.43 Å². The molecule has 3 atom stereocenters. The molecule has 0 fully saturated rings. The van der Waals surface area contributed by atoms with E-state index < -0.39 is 8.32 Å². The van der Waals surface area contributed by atoms with Crippen LogP contribution in [0.4, 0.5) is 0 Å². The minimum atomic E-state index is -1.85. The van der Waals surface area contributed by atoms with Gasteiger partial charge in [0.15, 0.2) is 0 Å². The van der Waals surface area contributed by atoms with Crippen molar-refractivity contribution in [2.45, 2.75) is 76.8 Å². The molecule has 0 saturated heterocycles. The third-order valence-electron chi connectivity index (χ3n) is 6.64. The van der Waals surface area contributed by atoms with Crippen LogP contribution < -0.4 is 4.74 Å². The van der Waals surface area contributed by atoms with Crippen LogP contribution in [0.2, 0.25) is 12.6 Å². The molecule has 0 aromatic heterocycles. The maximum absolute atomic E-state index is 9.54. The van der Waals surface area contributed by atoms with Crippen molar-refractivity contribution in [2.75, 3.05) is 19.9 Å². The Morgan fingerprint density at radius 3 is 2.12 bits per heavy atom. The van der Waals surface area contributed by atoms with Crippen LogP contribution in [0.25, 0.3) is 0 Å². The lowest BCUT2D eigenvalue weighted by molar-refractivity contribution is 0.297. The third kappa shape index (κ3) is 8.61. The Labute approximate surface area is 195 Å². The molecule has 4 nitrogen and oxygen atoms in total. The summed E-state index contributed by atoms with van der Waals surface area (Å²) in [5.41, 5.74) is 2.63. The number of hydrogen-bond acceptors (Lipinski definition) is 4. The fourth-order valence-electron chi connectivity index (χ4n) is 4.13. The van der Waals surface area contributed by atoms with E-state index in [-0.39, 0.29) is 6.23 Å². The zero-order valence-electron chi connectivity index (χ0n) is 20.3. The minimum Gasteiger partial charge on any atom is -0.508 e. The molecular formula is C27H42O4Si. The zero-order chi connectivity index (χ0) is 23.4. The lowest BCUT2D eigenvalue weighted by Gasteiger charge is -2.22. The van der Waals surface area contributed by atoms with E-state index in [2.05, 4.69) is 44.7 Å². The second-order valence-corrected chi connectivity index (χ2v) is 13.4. The van der Waals surface area contributed by atoms with Gasteiger partial charge < -0.3 is 19.4 Å². The average Bonchev–Trinajstić information content (AvgIpc) is 2.82. The molecule has 3 unspecified atom stereocenters. The number of ether oxygens (including phenoxy) is 1. The normalized spacial score (nSPS) is 15.2. The maximum Gasteiger partial charge on any atom is 0.214 e. The number of unbranched alkanes of at least 4 members (excludes halogenated alkanes) is 3. The monoisotopic (exact) mass is 458 g/mol. The number of aliphatic hydroxyl groups excluding tert-OH is 1. The Morgan fingerprint density at radius 2 is 1.53 bits per heavy atom. The largest absolute Gasteiger partial charge is 0.508 e. The molecule has 0 spiro atoms. The number of aromatic hydroxyl groups is 1. The maximum atomic E-state index is 9.54. The lowest BCUT2D eigenvalue weighted by Crippen LogP contribution is -2.37. The van der Waals surface area contributed by atoms with Gasteiger partial charge in [-0.25, -0.2) is 0 Å². The van der Waals surface area contributed by atoms with E-state index in [4.69, 9.17) is 9.16 Å². The Morgan fingerprint density at radius 1 is 0.906 bits per heavy atom. The zero-order valence-corrected chi connectivity index (χ0v) is 21.3. The number of phenolic OH excluding ortho intramolecular Hbond substituents is 1. The second-order valence-electron chi connectivity index (χ2n) is 9.23. The highest BCUT2D eigenvalue weighted by atomic mass is 28.4. The van der Waals surface area contributed by atoms with Gasteiger partial charge in [0.25, 0.3) is 0 Å². The first kappa shape index (κ1) is 26.4. The molecule has 2 N–H and O–H groups in total. The van der Waals surface area contributed by atoms with Gasteiger partial charge in [-0.1, -0.05) is 57.4 Å². The molecule has 0 aliphatic rings. The number of phenols is 1. The summed E-state index contributed by atoms with van der Waals surface area (Å²) in [6, 6.07) is 17.2. The smallest absolute Gasteiger partial charge is 0.214 e. The van der Waals surface area contributed by atoms with Gasteiger partial charge in [0.1, 0.15) is 11.5 Å². The van der Waals surface area contributed by atoms with Crippen LogP contribution in [0.15, 0.2) is 48.5 Å². The van der Waals surface area contributed by atoms with E-state index in [1.54, 1.807) is 19.2 Å². The van der Waals surface area contributed by atoms with Gasteiger partial charge in [0.2, 0.25) is 8.32 Å². The first-order valence-corrected chi connectivity index (χ1v) is 14.9. The molecule has 0 radical (unpaired) electrons. The van der Waals surface area contributed by atoms with Crippen LogP contribution in [0.3, 0.4) is 0 Å². The predicted molar refractivity (Wildman–Crippen MR) is 135 cm³/mol. The highest BCUT2D eigenvalue weighted by Crippen LogP contribution is 2.33. The van der Waals surface area contributed by atoms with E-state index >= 15 is 0 Å². The van der Waals surface area contributed by atoms with Gasteiger partial charge in [-0.3, -0.25) is 0 Å². The Hall–Kier alpha value is -1.82. The Kier molecular flexibility index (Phi) is 11.3. The molecule has 0 amide bonds. The summed E-state index contributed by atoms with van der Waals surface area (Å²) < 4.78 is 11.4. The van der Waals surface area contributed by atoms with Crippen LogP contribution >= 0.6 is 0 Å². The first-order chi connectivity index (χ1) is 15.4. The molecule has 2 aromatic rings. The lowest BCUT2D eigenvalue weighted by atomic mass is 9.84. The molecule has 0 aliphatic heterocycles. The van der Waals surface area contributed by atoms with Crippen LogP contribution in [0.5, 0.6) is 11.5 Å². The molecule has 0 saturated carbocycles. The summed E-state index contributed by atoms with van der Waals surface area (Å²) in [6.45, 7) is 7.35. The summed E-state index contributed by atoms with van der Waals surface area (Å²) in [4.78, 5) is 0. The Balaban J connectivity index is 1.71. The minimum absolute atomic E-state index is 0.205. The second kappa shape index (κ2) is 13.7. The number of aliphatic hydroxyl groups is 1. The van der Waals surface area contributed by atoms with Crippen LogP contribution in [-0.4, -0.2) is 38.5 Å². The van der Waals surface area contributed by atoms with Crippen molar-refractivity contribution in [3.63, 3.8) is 0 Å². The molecular weight excluding hydrogens is 416 g/mol. The van der Waals surface area contributed by atoms with Crippen LogP contribution in [0, 0.1) is 0 Å². The molecule has 0 bridgehead atoms. The molecule has 32 heavy (non-hydrogen) atoms. The number of hydrogen-bond donors (Lipinski definition) is 2. The van der Waals surface area contributed by atoms with E-state index in [0.29, 0.717) is 17.6 Å². The fourth-order valence-corrected chi connectivity index (χ4v) is 5.62. The quantitative estimate of drug-likeness (QED) is 0.228. The third-order valence-corrected chi connectivity index (χ3v) is 9.71. The topological polar surface area (TPSA) is 58.9 Å². The molecule has 0 heterocycles. The summed E-state index contributed by atoms with van der Waals surface area (Å²) in [5, 5.41) is 19.0. The van der Waals surface area contributed by atoms with Gasteiger partial charge in [0, 0.05) is 7.11 Å². The summed E-state index contributed by atoms with van der Waals surface area (Å²) >= 11 is 0.